The Labute approximate surface area is 128 Å². The number of hydrogen-bond donors (Lipinski definition) is 2. The van der Waals surface area contributed by atoms with Crippen LogP contribution >= 0.6 is 11.8 Å². The van der Waals surface area contributed by atoms with Crippen LogP contribution < -0.4 is 5.32 Å². The molecule has 1 rings (SSSR count). The molecule has 0 unspecified atom stereocenters. The summed E-state index contributed by atoms with van der Waals surface area (Å²) in [5, 5.41) is 22.8. The van der Waals surface area contributed by atoms with E-state index >= 15 is 0 Å². The highest BCUT2D eigenvalue weighted by Crippen LogP contribution is 2.22. The molecule has 0 aliphatic heterocycles. The highest BCUT2D eigenvalue weighted by Gasteiger charge is 2.26. The lowest BCUT2D eigenvalue weighted by Gasteiger charge is -2.30. The van der Waals surface area contributed by atoms with Gasteiger partial charge in [-0.1, -0.05) is 13.8 Å². The van der Waals surface area contributed by atoms with Crippen molar-refractivity contribution in [3.05, 3.63) is 34.4 Å². The SMILES string of the molecule is CCC(CC)(CO)NC(=O)CSc1ccc([N+](=O)[O-])cc1. The van der Waals surface area contributed by atoms with E-state index in [1.54, 1.807) is 12.1 Å². The second kappa shape index (κ2) is 7.99. The number of benzene rings is 1. The van der Waals surface area contributed by atoms with E-state index in [-0.39, 0.29) is 24.0 Å². The van der Waals surface area contributed by atoms with Crippen LogP contribution in [0.1, 0.15) is 26.7 Å². The Morgan fingerprint density at radius 1 is 1.33 bits per heavy atom. The van der Waals surface area contributed by atoms with Crippen molar-refractivity contribution in [2.75, 3.05) is 12.4 Å². The normalized spacial score (nSPS) is 11.2. The summed E-state index contributed by atoms with van der Waals surface area (Å²) in [6.07, 6.45) is 1.32. The fourth-order valence-corrected chi connectivity index (χ4v) is 2.53. The Hall–Kier alpha value is -1.60. The molecule has 1 amide bonds. The van der Waals surface area contributed by atoms with Crippen LogP contribution in [0.2, 0.25) is 0 Å². The van der Waals surface area contributed by atoms with Crippen molar-refractivity contribution in [3.8, 4) is 0 Å². The third-order valence-corrected chi connectivity index (χ3v) is 4.49. The second-order valence-electron chi connectivity index (χ2n) is 4.73. The van der Waals surface area contributed by atoms with Gasteiger partial charge in [-0.25, -0.2) is 0 Å². The number of aliphatic hydroxyl groups is 1. The van der Waals surface area contributed by atoms with Crippen LogP contribution in [-0.4, -0.2) is 33.8 Å². The number of thioether (sulfide) groups is 1. The average Bonchev–Trinajstić information content (AvgIpc) is 2.51. The van der Waals surface area contributed by atoms with Gasteiger partial charge >= 0.3 is 0 Å². The second-order valence-corrected chi connectivity index (χ2v) is 5.78. The van der Waals surface area contributed by atoms with E-state index in [2.05, 4.69) is 5.32 Å². The van der Waals surface area contributed by atoms with E-state index in [0.29, 0.717) is 12.8 Å². The van der Waals surface area contributed by atoms with Crippen molar-refractivity contribution in [2.45, 2.75) is 37.1 Å². The highest BCUT2D eigenvalue weighted by atomic mass is 32.2. The zero-order valence-corrected chi connectivity index (χ0v) is 13.0. The van der Waals surface area contributed by atoms with Gasteiger partial charge in [0.2, 0.25) is 5.91 Å². The molecule has 6 nitrogen and oxygen atoms in total. The first-order valence-electron chi connectivity index (χ1n) is 6.75. The van der Waals surface area contributed by atoms with Gasteiger partial charge in [-0.05, 0) is 25.0 Å². The number of nitrogens with zero attached hydrogens (tertiary/aromatic N) is 1. The van der Waals surface area contributed by atoms with E-state index in [1.165, 1.54) is 23.9 Å². The van der Waals surface area contributed by atoms with Crippen LogP contribution in [0.5, 0.6) is 0 Å². The first kappa shape index (κ1) is 17.5. The molecule has 0 radical (unpaired) electrons. The molecule has 0 aliphatic carbocycles. The molecule has 0 saturated heterocycles. The van der Waals surface area contributed by atoms with Crippen molar-refractivity contribution in [1.82, 2.24) is 5.32 Å². The van der Waals surface area contributed by atoms with Gasteiger partial charge in [-0.15, -0.1) is 11.8 Å². The number of hydrogen-bond acceptors (Lipinski definition) is 5. The number of non-ortho nitro benzene ring substituents is 1. The van der Waals surface area contributed by atoms with Crippen LogP contribution in [0.15, 0.2) is 29.2 Å². The molecule has 0 spiro atoms. The van der Waals surface area contributed by atoms with E-state index in [9.17, 15) is 20.0 Å². The Kier molecular flexibility index (Phi) is 6.64. The zero-order chi connectivity index (χ0) is 15.9. The Balaban J connectivity index is 2.54. The molecule has 1 aromatic carbocycles. The molecule has 0 fully saturated rings. The highest BCUT2D eigenvalue weighted by molar-refractivity contribution is 8.00. The molecule has 1 aromatic rings. The smallest absolute Gasteiger partial charge is 0.269 e. The molecule has 0 bridgehead atoms. The molecule has 0 atom stereocenters. The lowest BCUT2D eigenvalue weighted by molar-refractivity contribution is -0.384. The maximum Gasteiger partial charge on any atom is 0.269 e. The van der Waals surface area contributed by atoms with E-state index in [0.717, 1.165) is 4.90 Å². The molecule has 0 heterocycles. The van der Waals surface area contributed by atoms with Gasteiger partial charge in [-0.3, -0.25) is 14.9 Å². The van der Waals surface area contributed by atoms with Crippen molar-refractivity contribution < 1.29 is 14.8 Å². The predicted molar refractivity (Wildman–Crippen MR) is 82.4 cm³/mol. The van der Waals surface area contributed by atoms with Crippen LogP contribution in [-0.2, 0) is 4.79 Å². The van der Waals surface area contributed by atoms with Gasteiger partial charge < -0.3 is 10.4 Å². The van der Waals surface area contributed by atoms with Crippen molar-refractivity contribution in [2.24, 2.45) is 0 Å². The number of nitro benzene ring substituents is 1. The maximum atomic E-state index is 11.9. The molecule has 21 heavy (non-hydrogen) atoms. The van der Waals surface area contributed by atoms with Crippen molar-refractivity contribution >= 4 is 23.4 Å². The van der Waals surface area contributed by atoms with Gasteiger partial charge in [0.25, 0.3) is 5.69 Å². The largest absolute Gasteiger partial charge is 0.394 e. The summed E-state index contributed by atoms with van der Waals surface area (Å²) in [4.78, 5) is 22.8. The van der Waals surface area contributed by atoms with Gasteiger partial charge in [0.05, 0.1) is 22.8 Å². The monoisotopic (exact) mass is 312 g/mol. The van der Waals surface area contributed by atoms with Gasteiger partial charge in [0.1, 0.15) is 0 Å². The molecule has 0 saturated carbocycles. The minimum absolute atomic E-state index is 0.0278. The topological polar surface area (TPSA) is 92.5 Å². The quantitative estimate of drug-likeness (QED) is 0.437. The number of nitrogens with one attached hydrogen (secondary N) is 1. The summed E-state index contributed by atoms with van der Waals surface area (Å²) >= 11 is 1.30. The first-order chi connectivity index (χ1) is 9.96. The third kappa shape index (κ3) is 5.02. The Bertz CT molecular complexity index is 478. The number of aliphatic hydroxyl groups excluding tert-OH is 1. The minimum atomic E-state index is -0.562. The first-order valence-corrected chi connectivity index (χ1v) is 7.74. The van der Waals surface area contributed by atoms with Gasteiger partial charge in [-0.2, -0.15) is 0 Å². The fraction of sp³-hybridized carbons (Fsp3) is 0.500. The summed E-state index contributed by atoms with van der Waals surface area (Å²) in [7, 11) is 0. The number of amides is 1. The minimum Gasteiger partial charge on any atom is -0.394 e. The molecular weight excluding hydrogens is 292 g/mol. The van der Waals surface area contributed by atoms with Crippen LogP contribution in [0.3, 0.4) is 0 Å². The fourth-order valence-electron chi connectivity index (χ4n) is 1.83. The zero-order valence-electron chi connectivity index (χ0n) is 12.2. The molecule has 0 aromatic heterocycles. The molecule has 7 heteroatoms. The molecule has 2 N–H and O–H groups in total. The Morgan fingerprint density at radius 3 is 2.33 bits per heavy atom. The summed E-state index contributed by atoms with van der Waals surface area (Å²) in [5.74, 6) is 0.0515. The number of nitro groups is 1. The number of carbonyl (C=O) groups excluding carboxylic acids is 1. The number of rotatable bonds is 8. The maximum absolute atomic E-state index is 11.9. The van der Waals surface area contributed by atoms with Crippen molar-refractivity contribution in [1.29, 1.82) is 0 Å². The summed E-state index contributed by atoms with van der Waals surface area (Å²) in [6.45, 7) is 3.75. The van der Waals surface area contributed by atoms with E-state index in [4.69, 9.17) is 0 Å². The van der Waals surface area contributed by atoms with E-state index < -0.39 is 10.5 Å². The molecular formula is C14H20N2O4S. The van der Waals surface area contributed by atoms with Crippen LogP contribution in [0.4, 0.5) is 5.69 Å². The average molecular weight is 312 g/mol. The molecule has 116 valence electrons. The standard InChI is InChI=1S/C14H20N2O4S/c1-3-14(4-2,10-17)15-13(18)9-21-12-7-5-11(6-8-12)16(19)20/h5-8,17H,3-4,9-10H2,1-2H3,(H,15,18). The third-order valence-electron chi connectivity index (χ3n) is 3.48. The summed E-state index contributed by atoms with van der Waals surface area (Å²) in [6, 6.07) is 6.07. The predicted octanol–water partition coefficient (Wildman–Crippen LogP) is 2.35. The van der Waals surface area contributed by atoms with E-state index in [1.807, 2.05) is 13.8 Å². The van der Waals surface area contributed by atoms with Crippen LogP contribution in [0.25, 0.3) is 0 Å². The molecule has 0 aliphatic rings. The van der Waals surface area contributed by atoms with Gasteiger partial charge in [0, 0.05) is 17.0 Å². The van der Waals surface area contributed by atoms with Crippen LogP contribution in [0, 0.1) is 10.1 Å². The summed E-state index contributed by atoms with van der Waals surface area (Å²) in [5.41, 5.74) is -0.535. The van der Waals surface area contributed by atoms with Gasteiger partial charge in [0.15, 0.2) is 0 Å². The lowest BCUT2D eigenvalue weighted by Crippen LogP contribution is -2.51. The van der Waals surface area contributed by atoms with Crippen molar-refractivity contribution in [3.63, 3.8) is 0 Å². The summed E-state index contributed by atoms with van der Waals surface area (Å²) < 4.78 is 0. The lowest BCUT2D eigenvalue weighted by atomic mass is 9.94. The Morgan fingerprint density at radius 2 is 1.90 bits per heavy atom. The number of carbonyl (C=O) groups is 1.